The molecule has 0 aromatic heterocycles. The number of nitrogens with two attached hydrogens (primary N) is 1. The number of hydrogen-bond donors (Lipinski definition) is 1. The fourth-order valence-corrected chi connectivity index (χ4v) is 2.87. The molecule has 1 aliphatic heterocycles. The van der Waals surface area contributed by atoms with Crippen LogP contribution in [0.15, 0.2) is 0 Å². The zero-order valence-corrected chi connectivity index (χ0v) is 10.2. The monoisotopic (exact) mass is 224 g/mol. The molecule has 1 amide bonds. The van der Waals surface area contributed by atoms with Gasteiger partial charge in [-0.05, 0) is 25.3 Å². The van der Waals surface area contributed by atoms with Gasteiger partial charge in [0.2, 0.25) is 5.91 Å². The van der Waals surface area contributed by atoms with Gasteiger partial charge in [-0.3, -0.25) is 4.79 Å². The van der Waals surface area contributed by atoms with Crippen molar-refractivity contribution in [3.63, 3.8) is 0 Å². The highest BCUT2D eigenvalue weighted by molar-refractivity contribution is 5.77. The largest absolute Gasteiger partial charge is 0.342 e. The second-order valence-corrected chi connectivity index (χ2v) is 5.46. The molecule has 2 rings (SSSR count). The summed E-state index contributed by atoms with van der Waals surface area (Å²) in [6.07, 6.45) is 8.69. The third-order valence-corrected chi connectivity index (χ3v) is 4.08. The molecule has 92 valence electrons. The first-order valence-electron chi connectivity index (χ1n) is 6.77. The van der Waals surface area contributed by atoms with Crippen LogP contribution in [0.3, 0.4) is 0 Å². The van der Waals surface area contributed by atoms with E-state index < -0.39 is 0 Å². The summed E-state index contributed by atoms with van der Waals surface area (Å²) in [6, 6.07) is 0. The van der Waals surface area contributed by atoms with E-state index in [1.54, 1.807) is 0 Å². The van der Waals surface area contributed by atoms with Crippen LogP contribution in [0, 0.1) is 11.8 Å². The number of amides is 1. The van der Waals surface area contributed by atoms with Gasteiger partial charge in [0.15, 0.2) is 0 Å². The summed E-state index contributed by atoms with van der Waals surface area (Å²) in [5.41, 5.74) is 5.56. The van der Waals surface area contributed by atoms with Crippen LogP contribution in [0.5, 0.6) is 0 Å². The van der Waals surface area contributed by atoms with Crippen LogP contribution in [0.25, 0.3) is 0 Å². The lowest BCUT2D eigenvalue weighted by Gasteiger charge is -2.39. The molecular formula is C13H24N2O. The van der Waals surface area contributed by atoms with Crippen molar-refractivity contribution in [2.45, 2.75) is 44.9 Å². The minimum atomic E-state index is 0.372. The van der Waals surface area contributed by atoms with Crippen molar-refractivity contribution >= 4 is 5.91 Å². The Labute approximate surface area is 98.4 Å². The van der Waals surface area contributed by atoms with Crippen LogP contribution >= 0.6 is 0 Å². The zero-order valence-electron chi connectivity index (χ0n) is 10.2. The molecule has 16 heavy (non-hydrogen) atoms. The van der Waals surface area contributed by atoms with Crippen molar-refractivity contribution in [3.05, 3.63) is 0 Å². The second-order valence-electron chi connectivity index (χ2n) is 5.46. The first kappa shape index (κ1) is 11.9. The van der Waals surface area contributed by atoms with Crippen molar-refractivity contribution in [2.24, 2.45) is 17.6 Å². The van der Waals surface area contributed by atoms with Gasteiger partial charge in [0.25, 0.3) is 0 Å². The third-order valence-electron chi connectivity index (χ3n) is 4.08. The fourth-order valence-electron chi connectivity index (χ4n) is 2.87. The summed E-state index contributed by atoms with van der Waals surface area (Å²) in [5, 5.41) is 0. The highest BCUT2D eigenvalue weighted by Gasteiger charge is 2.30. The molecule has 0 unspecified atom stereocenters. The lowest BCUT2D eigenvalue weighted by molar-refractivity contribution is -0.138. The van der Waals surface area contributed by atoms with Crippen LogP contribution < -0.4 is 5.73 Å². The average Bonchev–Trinajstić information content (AvgIpc) is 2.44. The number of likely N-dealkylation sites (tertiary alicyclic amines) is 1. The van der Waals surface area contributed by atoms with E-state index in [0.717, 1.165) is 26.1 Å². The van der Waals surface area contributed by atoms with Crippen LogP contribution in [0.4, 0.5) is 0 Å². The average molecular weight is 224 g/mol. The molecule has 0 aromatic carbocycles. The molecule has 0 radical (unpaired) electrons. The Hall–Kier alpha value is -0.570. The first-order chi connectivity index (χ1) is 7.79. The molecule has 1 heterocycles. The Bertz CT molecular complexity index is 228. The van der Waals surface area contributed by atoms with Gasteiger partial charge < -0.3 is 10.6 Å². The lowest BCUT2D eigenvalue weighted by atomic mass is 9.93. The summed E-state index contributed by atoms with van der Waals surface area (Å²) in [5.74, 6) is 1.60. The van der Waals surface area contributed by atoms with E-state index in [2.05, 4.69) is 0 Å². The number of hydrogen-bond acceptors (Lipinski definition) is 2. The highest BCUT2D eigenvalue weighted by atomic mass is 16.2. The summed E-state index contributed by atoms with van der Waals surface area (Å²) in [4.78, 5) is 13.9. The summed E-state index contributed by atoms with van der Waals surface area (Å²) in [7, 11) is 0. The summed E-state index contributed by atoms with van der Waals surface area (Å²) >= 11 is 0. The number of carbonyl (C=O) groups excluding carboxylic acids is 1. The van der Waals surface area contributed by atoms with E-state index >= 15 is 0 Å². The SMILES string of the molecule is NCC1CN(C(=O)CC2CCCCCC2)C1. The Morgan fingerprint density at radius 3 is 2.25 bits per heavy atom. The smallest absolute Gasteiger partial charge is 0.222 e. The molecule has 2 N–H and O–H groups in total. The van der Waals surface area contributed by atoms with E-state index in [1.807, 2.05) is 4.90 Å². The lowest BCUT2D eigenvalue weighted by Crippen LogP contribution is -2.52. The Morgan fingerprint density at radius 2 is 1.69 bits per heavy atom. The van der Waals surface area contributed by atoms with E-state index in [1.165, 1.54) is 38.5 Å². The number of nitrogens with zero attached hydrogens (tertiary/aromatic N) is 1. The maximum atomic E-state index is 12.0. The van der Waals surface area contributed by atoms with Gasteiger partial charge in [0.05, 0.1) is 0 Å². The van der Waals surface area contributed by atoms with Gasteiger partial charge in [-0.25, -0.2) is 0 Å². The number of rotatable bonds is 3. The van der Waals surface area contributed by atoms with Gasteiger partial charge >= 0.3 is 0 Å². The van der Waals surface area contributed by atoms with E-state index in [-0.39, 0.29) is 0 Å². The van der Waals surface area contributed by atoms with Crippen molar-refractivity contribution in [3.8, 4) is 0 Å². The standard InChI is InChI=1S/C13H24N2O/c14-8-12-9-15(10-12)13(16)7-11-5-3-1-2-4-6-11/h11-12H,1-10,14H2. The maximum absolute atomic E-state index is 12.0. The molecular weight excluding hydrogens is 200 g/mol. The predicted molar refractivity (Wildman–Crippen MR) is 64.9 cm³/mol. The van der Waals surface area contributed by atoms with Crippen LogP contribution in [-0.4, -0.2) is 30.4 Å². The Balaban J connectivity index is 1.70. The van der Waals surface area contributed by atoms with Gasteiger partial charge in [0, 0.05) is 25.4 Å². The van der Waals surface area contributed by atoms with Crippen molar-refractivity contribution in [1.82, 2.24) is 4.90 Å². The Kier molecular flexibility index (Phi) is 4.22. The molecule has 3 nitrogen and oxygen atoms in total. The molecule has 1 saturated carbocycles. The molecule has 2 fully saturated rings. The molecule has 1 saturated heterocycles. The van der Waals surface area contributed by atoms with E-state index in [4.69, 9.17) is 5.73 Å². The van der Waals surface area contributed by atoms with Gasteiger partial charge in [-0.15, -0.1) is 0 Å². The van der Waals surface area contributed by atoms with Crippen LogP contribution in [0.1, 0.15) is 44.9 Å². The fraction of sp³-hybridized carbons (Fsp3) is 0.923. The molecule has 0 aromatic rings. The topological polar surface area (TPSA) is 46.3 Å². The van der Waals surface area contributed by atoms with Gasteiger partial charge in [0.1, 0.15) is 0 Å². The second kappa shape index (κ2) is 5.67. The molecule has 2 aliphatic rings. The molecule has 0 spiro atoms. The number of carbonyl (C=O) groups is 1. The van der Waals surface area contributed by atoms with Crippen molar-refractivity contribution in [1.29, 1.82) is 0 Å². The molecule has 3 heteroatoms. The van der Waals surface area contributed by atoms with Crippen LogP contribution in [-0.2, 0) is 4.79 Å². The van der Waals surface area contributed by atoms with Gasteiger partial charge in [-0.1, -0.05) is 25.7 Å². The molecule has 0 atom stereocenters. The van der Waals surface area contributed by atoms with Crippen molar-refractivity contribution in [2.75, 3.05) is 19.6 Å². The third kappa shape index (κ3) is 2.97. The summed E-state index contributed by atoms with van der Waals surface area (Å²) in [6.45, 7) is 2.54. The minimum Gasteiger partial charge on any atom is -0.342 e. The Morgan fingerprint density at radius 1 is 1.06 bits per heavy atom. The minimum absolute atomic E-state index is 0.372. The maximum Gasteiger partial charge on any atom is 0.222 e. The zero-order chi connectivity index (χ0) is 11.4. The normalized spacial score (nSPS) is 23.9. The first-order valence-corrected chi connectivity index (χ1v) is 6.77. The predicted octanol–water partition coefficient (Wildman–Crippen LogP) is 1.76. The van der Waals surface area contributed by atoms with E-state index in [9.17, 15) is 4.79 Å². The van der Waals surface area contributed by atoms with Crippen LogP contribution in [0.2, 0.25) is 0 Å². The summed E-state index contributed by atoms with van der Waals surface area (Å²) < 4.78 is 0. The molecule has 0 bridgehead atoms. The highest BCUT2D eigenvalue weighted by Crippen LogP contribution is 2.27. The van der Waals surface area contributed by atoms with Gasteiger partial charge in [-0.2, -0.15) is 0 Å². The quantitative estimate of drug-likeness (QED) is 0.743. The molecule has 1 aliphatic carbocycles. The van der Waals surface area contributed by atoms with E-state index in [0.29, 0.717) is 17.7 Å². The van der Waals surface area contributed by atoms with Crippen molar-refractivity contribution < 1.29 is 4.79 Å².